The Kier molecular flexibility index (Phi) is 6.96. The van der Waals surface area contributed by atoms with Gasteiger partial charge in [-0.25, -0.2) is 0 Å². The fourth-order valence-electron chi connectivity index (χ4n) is 3.88. The van der Waals surface area contributed by atoms with Crippen LogP contribution in [-0.2, 0) is 4.57 Å². The van der Waals surface area contributed by atoms with E-state index in [0.29, 0.717) is 26.2 Å². The van der Waals surface area contributed by atoms with Crippen molar-refractivity contribution in [1.29, 1.82) is 0 Å². The first-order valence-electron chi connectivity index (χ1n) is 10.2. The molecule has 0 unspecified atom stereocenters. The van der Waals surface area contributed by atoms with Crippen LogP contribution in [-0.4, -0.2) is 5.78 Å². The molecular weight excluding hydrogens is 458 g/mol. The summed E-state index contributed by atoms with van der Waals surface area (Å²) >= 11 is 12.3. The first kappa shape index (κ1) is 22.6. The van der Waals surface area contributed by atoms with E-state index in [1.165, 1.54) is 0 Å². The molecule has 0 radical (unpaired) electrons. The summed E-state index contributed by atoms with van der Waals surface area (Å²) in [7, 11) is -3.31. The third-order valence-corrected chi connectivity index (χ3v) is 9.51. The topological polar surface area (TPSA) is 34.1 Å². The second-order valence-corrected chi connectivity index (χ2v) is 11.4. The standard InChI is InChI=1S/C27H21Cl2O2P/c28-22-11-15-24(16-12-22)32(31,25-17-13-23(29)14-18-25)27(21-9-5-2-6-10-21)19-26(30)20-7-3-1-4-8-20/h1-18,27H,19H2/t27-/m1/s1. The molecule has 2 nitrogen and oxygen atoms in total. The van der Waals surface area contributed by atoms with E-state index in [1.54, 1.807) is 60.7 Å². The number of rotatable bonds is 7. The second-order valence-electron chi connectivity index (χ2n) is 7.53. The average molecular weight is 479 g/mol. The molecule has 0 aliphatic rings. The number of benzene rings is 4. The second kappa shape index (κ2) is 9.88. The molecule has 32 heavy (non-hydrogen) atoms. The van der Waals surface area contributed by atoms with Gasteiger partial charge >= 0.3 is 0 Å². The maximum Gasteiger partial charge on any atom is 0.163 e. The van der Waals surface area contributed by atoms with Gasteiger partial charge in [-0.15, -0.1) is 0 Å². The van der Waals surface area contributed by atoms with Gasteiger partial charge in [0.15, 0.2) is 12.9 Å². The summed E-state index contributed by atoms with van der Waals surface area (Å²) in [5.74, 6) is -0.0531. The normalized spacial score (nSPS) is 12.3. The molecule has 5 heteroatoms. The minimum atomic E-state index is -3.31. The number of carbonyl (C=O) groups excluding carboxylic acids is 1. The summed E-state index contributed by atoms with van der Waals surface area (Å²) in [4.78, 5) is 13.3. The summed E-state index contributed by atoms with van der Waals surface area (Å²) in [6.07, 6.45) is 0.108. The van der Waals surface area contributed by atoms with E-state index < -0.39 is 12.8 Å². The molecule has 0 aliphatic carbocycles. The smallest absolute Gasteiger partial charge is 0.163 e. The third-order valence-electron chi connectivity index (χ3n) is 5.52. The Bertz CT molecular complexity index is 1190. The van der Waals surface area contributed by atoms with Gasteiger partial charge in [-0.05, 0) is 54.1 Å². The van der Waals surface area contributed by atoms with Gasteiger partial charge in [0.25, 0.3) is 0 Å². The lowest BCUT2D eigenvalue weighted by Crippen LogP contribution is -2.23. The Labute approximate surface area is 198 Å². The lowest BCUT2D eigenvalue weighted by Gasteiger charge is -2.29. The molecule has 0 fully saturated rings. The van der Waals surface area contributed by atoms with Crippen molar-refractivity contribution in [3.05, 3.63) is 130 Å². The number of carbonyl (C=O) groups is 1. The predicted octanol–water partition coefficient (Wildman–Crippen LogP) is 7.32. The van der Waals surface area contributed by atoms with Crippen LogP contribution in [0.5, 0.6) is 0 Å². The predicted molar refractivity (Wildman–Crippen MR) is 134 cm³/mol. The maximum absolute atomic E-state index is 15.1. The molecule has 0 aliphatic heterocycles. The van der Waals surface area contributed by atoms with Crippen LogP contribution in [0.3, 0.4) is 0 Å². The van der Waals surface area contributed by atoms with Crippen LogP contribution in [0.4, 0.5) is 0 Å². The molecule has 1 atom stereocenters. The molecule has 4 aromatic rings. The minimum absolute atomic E-state index is 0.0531. The highest BCUT2D eigenvalue weighted by Crippen LogP contribution is 2.59. The zero-order valence-electron chi connectivity index (χ0n) is 17.2. The van der Waals surface area contributed by atoms with E-state index >= 15 is 4.57 Å². The Balaban J connectivity index is 1.90. The number of hydrogen-bond donors (Lipinski definition) is 0. The van der Waals surface area contributed by atoms with Gasteiger partial charge in [0.05, 0.1) is 5.66 Å². The Morgan fingerprint density at radius 2 is 1.09 bits per heavy atom. The molecule has 0 spiro atoms. The Morgan fingerprint density at radius 3 is 1.56 bits per heavy atom. The van der Waals surface area contributed by atoms with Gasteiger partial charge in [-0.1, -0.05) is 83.9 Å². The summed E-state index contributed by atoms with van der Waals surface area (Å²) in [6.45, 7) is 0. The van der Waals surface area contributed by atoms with Crippen molar-refractivity contribution in [3.8, 4) is 0 Å². The average Bonchev–Trinajstić information content (AvgIpc) is 2.84. The van der Waals surface area contributed by atoms with Crippen LogP contribution in [0.25, 0.3) is 0 Å². The summed E-state index contributed by atoms with van der Waals surface area (Å²) < 4.78 is 15.1. The number of Topliss-reactive ketones (excluding diaryl/α,β-unsaturated/α-hetero) is 1. The van der Waals surface area contributed by atoms with Gasteiger partial charge in [0, 0.05) is 32.6 Å². The molecule has 4 aromatic carbocycles. The highest BCUT2D eigenvalue weighted by molar-refractivity contribution is 7.79. The monoisotopic (exact) mass is 478 g/mol. The fraction of sp³-hybridized carbons (Fsp3) is 0.0741. The maximum atomic E-state index is 15.1. The van der Waals surface area contributed by atoms with Crippen molar-refractivity contribution in [3.63, 3.8) is 0 Å². The first-order valence-corrected chi connectivity index (χ1v) is 12.8. The van der Waals surface area contributed by atoms with Crippen molar-refractivity contribution in [2.75, 3.05) is 0 Å². The third kappa shape index (κ3) is 4.74. The Morgan fingerprint density at radius 1 is 0.656 bits per heavy atom. The fourth-order valence-corrected chi connectivity index (χ4v) is 7.35. The van der Waals surface area contributed by atoms with E-state index in [4.69, 9.17) is 23.2 Å². The lowest BCUT2D eigenvalue weighted by molar-refractivity contribution is 0.0981. The molecule has 0 bridgehead atoms. The highest BCUT2D eigenvalue weighted by Gasteiger charge is 2.39. The molecule has 0 saturated carbocycles. The van der Waals surface area contributed by atoms with Crippen molar-refractivity contribution >= 4 is 46.7 Å². The number of halogens is 2. The number of ketones is 1. The zero-order valence-corrected chi connectivity index (χ0v) is 19.6. The van der Waals surface area contributed by atoms with Crippen LogP contribution in [0.15, 0.2) is 109 Å². The van der Waals surface area contributed by atoms with Gasteiger partial charge in [-0.3, -0.25) is 4.79 Å². The quantitative estimate of drug-likeness (QED) is 0.206. The Hall–Kier alpha value is -2.64. The zero-order chi connectivity index (χ0) is 22.6. The number of hydrogen-bond acceptors (Lipinski definition) is 2. The van der Waals surface area contributed by atoms with Gasteiger partial charge in [-0.2, -0.15) is 0 Å². The minimum Gasteiger partial charge on any atom is -0.313 e. The summed E-state index contributed by atoms with van der Waals surface area (Å²) in [6, 6.07) is 32.8. The van der Waals surface area contributed by atoms with E-state index in [-0.39, 0.29) is 12.2 Å². The van der Waals surface area contributed by atoms with Gasteiger partial charge in [0.2, 0.25) is 0 Å². The van der Waals surface area contributed by atoms with Crippen molar-refractivity contribution in [1.82, 2.24) is 0 Å². The molecular formula is C27H21Cl2O2P. The molecule has 0 N–H and O–H groups in total. The van der Waals surface area contributed by atoms with Crippen molar-refractivity contribution in [2.24, 2.45) is 0 Å². The van der Waals surface area contributed by atoms with Crippen LogP contribution in [0, 0.1) is 0 Å². The van der Waals surface area contributed by atoms with Crippen molar-refractivity contribution < 1.29 is 9.36 Å². The van der Waals surface area contributed by atoms with E-state index in [9.17, 15) is 4.79 Å². The van der Waals surface area contributed by atoms with Crippen LogP contribution in [0.1, 0.15) is 28.0 Å². The molecule has 160 valence electrons. The summed E-state index contributed by atoms with van der Waals surface area (Å²) in [5, 5.41) is 2.43. The van der Waals surface area contributed by atoms with Crippen molar-refractivity contribution in [2.45, 2.75) is 12.1 Å². The van der Waals surface area contributed by atoms with E-state index in [0.717, 1.165) is 5.56 Å². The van der Waals surface area contributed by atoms with E-state index in [1.807, 2.05) is 48.5 Å². The SMILES string of the molecule is O=C(C[C@H](c1ccccc1)P(=O)(c1ccc(Cl)cc1)c1ccc(Cl)cc1)c1ccccc1. The highest BCUT2D eigenvalue weighted by atomic mass is 35.5. The molecule has 0 heterocycles. The molecule has 4 rings (SSSR count). The van der Waals surface area contributed by atoms with Gasteiger partial charge < -0.3 is 4.57 Å². The van der Waals surface area contributed by atoms with Crippen LogP contribution in [0.2, 0.25) is 10.0 Å². The largest absolute Gasteiger partial charge is 0.313 e. The first-order chi connectivity index (χ1) is 15.5. The molecule has 0 amide bonds. The molecule has 0 aromatic heterocycles. The van der Waals surface area contributed by atoms with Crippen LogP contribution >= 0.6 is 30.3 Å². The van der Waals surface area contributed by atoms with Crippen LogP contribution < -0.4 is 10.6 Å². The van der Waals surface area contributed by atoms with Gasteiger partial charge in [0.1, 0.15) is 0 Å². The molecule has 0 saturated heterocycles. The summed E-state index contributed by atoms with van der Waals surface area (Å²) in [5.41, 5.74) is 0.913. The van der Waals surface area contributed by atoms with E-state index in [2.05, 4.69) is 0 Å². The lowest BCUT2D eigenvalue weighted by atomic mass is 10.0.